The van der Waals surface area contributed by atoms with E-state index >= 15 is 0 Å². The maximum Gasteiger partial charge on any atom is 0.320 e. The van der Waals surface area contributed by atoms with Crippen LogP contribution in [0.5, 0.6) is 0 Å². The molecule has 0 aliphatic carbocycles. The molecule has 0 aromatic carbocycles. The van der Waals surface area contributed by atoms with Crippen molar-refractivity contribution in [1.29, 1.82) is 0 Å². The molecule has 0 fully saturated rings. The van der Waals surface area contributed by atoms with Gasteiger partial charge in [0, 0.05) is 12.1 Å². The van der Waals surface area contributed by atoms with Gasteiger partial charge in [-0.3, -0.25) is 4.79 Å². The van der Waals surface area contributed by atoms with Crippen molar-refractivity contribution in [2.45, 2.75) is 39.7 Å². The minimum absolute atomic E-state index is 0.0578. The zero-order valence-corrected chi connectivity index (χ0v) is 10.3. The van der Waals surface area contributed by atoms with Crippen LogP contribution in [0, 0.1) is 0 Å². The molecule has 0 heterocycles. The van der Waals surface area contributed by atoms with E-state index in [4.69, 9.17) is 9.47 Å². The van der Waals surface area contributed by atoms with Gasteiger partial charge in [-0.2, -0.15) is 0 Å². The van der Waals surface area contributed by atoms with Gasteiger partial charge in [0.15, 0.2) is 0 Å². The number of hydrogen-bond acceptors (Lipinski definition) is 4. The van der Waals surface area contributed by atoms with Gasteiger partial charge in [0.25, 0.3) is 0 Å². The van der Waals surface area contributed by atoms with E-state index in [0.717, 1.165) is 13.0 Å². The monoisotopic (exact) mass is 217 g/mol. The maximum absolute atomic E-state index is 11.2. The lowest BCUT2D eigenvalue weighted by Gasteiger charge is -2.19. The summed E-state index contributed by atoms with van der Waals surface area (Å²) in [6.07, 6.45) is 0.986. The molecule has 0 aliphatic rings. The Morgan fingerprint density at radius 1 is 1.20 bits per heavy atom. The molecule has 0 aromatic heterocycles. The quantitative estimate of drug-likeness (QED) is 0.516. The Hall–Kier alpha value is -0.610. The highest BCUT2D eigenvalue weighted by Gasteiger charge is 2.11. The second kappa shape index (κ2) is 7.65. The van der Waals surface area contributed by atoms with Gasteiger partial charge in [-0.15, -0.1) is 0 Å². The van der Waals surface area contributed by atoms with E-state index < -0.39 is 0 Å². The number of hydrogen-bond donors (Lipinski definition) is 1. The summed E-state index contributed by atoms with van der Waals surface area (Å²) in [5.74, 6) is -0.231. The normalized spacial score (nSPS) is 11.5. The summed E-state index contributed by atoms with van der Waals surface area (Å²) in [4.78, 5) is 11.2. The fourth-order valence-electron chi connectivity index (χ4n) is 0.849. The first kappa shape index (κ1) is 14.4. The lowest BCUT2D eigenvalue weighted by molar-refractivity contribution is -0.144. The van der Waals surface area contributed by atoms with Crippen molar-refractivity contribution in [3.8, 4) is 0 Å². The SMILES string of the molecule is CCCOCCOC(=O)CNC(C)(C)C. The van der Waals surface area contributed by atoms with Crippen LogP contribution in [0.15, 0.2) is 0 Å². The standard InChI is InChI=1S/C11H23NO3/c1-5-6-14-7-8-15-10(13)9-12-11(2,3)4/h12H,5-9H2,1-4H3. The van der Waals surface area contributed by atoms with Crippen LogP contribution in [0.25, 0.3) is 0 Å². The van der Waals surface area contributed by atoms with Crippen molar-refractivity contribution in [2.24, 2.45) is 0 Å². The minimum atomic E-state index is -0.231. The van der Waals surface area contributed by atoms with Crippen LogP contribution in [-0.2, 0) is 14.3 Å². The Morgan fingerprint density at radius 2 is 1.87 bits per heavy atom. The highest BCUT2D eigenvalue weighted by Crippen LogP contribution is 1.97. The first-order valence-corrected chi connectivity index (χ1v) is 5.44. The van der Waals surface area contributed by atoms with Crippen molar-refractivity contribution in [3.05, 3.63) is 0 Å². The van der Waals surface area contributed by atoms with E-state index in [1.54, 1.807) is 0 Å². The molecule has 0 saturated heterocycles. The van der Waals surface area contributed by atoms with Gasteiger partial charge in [-0.05, 0) is 27.2 Å². The Bertz CT molecular complexity index is 175. The molecule has 90 valence electrons. The van der Waals surface area contributed by atoms with Crippen LogP contribution >= 0.6 is 0 Å². The molecule has 0 aliphatic heterocycles. The highest BCUT2D eigenvalue weighted by molar-refractivity contribution is 5.71. The Balaban J connectivity index is 3.34. The van der Waals surface area contributed by atoms with Crippen molar-refractivity contribution in [2.75, 3.05) is 26.4 Å². The van der Waals surface area contributed by atoms with Crippen molar-refractivity contribution in [1.82, 2.24) is 5.32 Å². The van der Waals surface area contributed by atoms with Crippen molar-refractivity contribution in [3.63, 3.8) is 0 Å². The molecule has 15 heavy (non-hydrogen) atoms. The van der Waals surface area contributed by atoms with Gasteiger partial charge in [-0.1, -0.05) is 6.92 Å². The fourth-order valence-corrected chi connectivity index (χ4v) is 0.849. The first-order chi connectivity index (χ1) is 6.95. The maximum atomic E-state index is 11.2. The summed E-state index contributed by atoms with van der Waals surface area (Å²) in [5, 5.41) is 3.06. The Labute approximate surface area is 92.3 Å². The molecule has 0 rings (SSSR count). The number of carbonyl (C=O) groups is 1. The van der Waals surface area contributed by atoms with E-state index in [1.165, 1.54) is 0 Å². The molecule has 0 aromatic rings. The van der Waals surface area contributed by atoms with Gasteiger partial charge >= 0.3 is 5.97 Å². The lowest BCUT2D eigenvalue weighted by Crippen LogP contribution is -2.40. The Kier molecular flexibility index (Phi) is 7.34. The summed E-state index contributed by atoms with van der Waals surface area (Å²) in [6, 6.07) is 0. The third kappa shape index (κ3) is 11.3. The molecule has 0 radical (unpaired) electrons. The number of esters is 1. The van der Waals surface area contributed by atoms with Gasteiger partial charge in [0.05, 0.1) is 13.2 Å². The first-order valence-electron chi connectivity index (χ1n) is 5.44. The number of nitrogens with one attached hydrogen (secondary N) is 1. The molecule has 0 amide bonds. The molecule has 0 unspecified atom stereocenters. The third-order valence-electron chi connectivity index (χ3n) is 1.60. The predicted molar refractivity (Wildman–Crippen MR) is 59.8 cm³/mol. The van der Waals surface area contributed by atoms with E-state index in [0.29, 0.717) is 13.2 Å². The highest BCUT2D eigenvalue weighted by atomic mass is 16.6. The summed E-state index contributed by atoms with van der Waals surface area (Å²) in [6.45, 7) is 9.84. The van der Waals surface area contributed by atoms with Gasteiger partial charge in [-0.25, -0.2) is 0 Å². The molecule has 4 nitrogen and oxygen atoms in total. The van der Waals surface area contributed by atoms with Gasteiger partial charge in [0.1, 0.15) is 6.61 Å². The molecule has 4 heteroatoms. The molecule has 0 saturated carbocycles. The van der Waals surface area contributed by atoms with Crippen LogP contribution in [0.1, 0.15) is 34.1 Å². The molecule has 0 spiro atoms. The van der Waals surface area contributed by atoms with Crippen molar-refractivity contribution >= 4 is 5.97 Å². The summed E-state index contributed by atoms with van der Waals surface area (Å²) in [5.41, 5.74) is -0.0578. The van der Waals surface area contributed by atoms with Crippen LogP contribution in [0.3, 0.4) is 0 Å². The van der Waals surface area contributed by atoms with E-state index in [1.807, 2.05) is 27.7 Å². The third-order valence-corrected chi connectivity index (χ3v) is 1.60. The van der Waals surface area contributed by atoms with E-state index in [9.17, 15) is 4.79 Å². The summed E-state index contributed by atoms with van der Waals surface area (Å²) in [7, 11) is 0. The van der Waals surface area contributed by atoms with Crippen LogP contribution in [-0.4, -0.2) is 37.9 Å². The zero-order valence-electron chi connectivity index (χ0n) is 10.3. The molecular weight excluding hydrogens is 194 g/mol. The van der Waals surface area contributed by atoms with Crippen LogP contribution in [0.4, 0.5) is 0 Å². The molecule has 0 atom stereocenters. The molecular formula is C11H23NO3. The van der Waals surface area contributed by atoms with E-state index in [2.05, 4.69) is 5.32 Å². The molecule has 1 N–H and O–H groups in total. The second-order valence-corrected chi connectivity index (χ2v) is 4.44. The number of ether oxygens (including phenoxy) is 2. The summed E-state index contributed by atoms with van der Waals surface area (Å²) < 4.78 is 10.1. The van der Waals surface area contributed by atoms with Gasteiger partial charge < -0.3 is 14.8 Å². The van der Waals surface area contributed by atoms with Gasteiger partial charge in [0.2, 0.25) is 0 Å². The predicted octanol–water partition coefficient (Wildman–Crippen LogP) is 1.34. The summed E-state index contributed by atoms with van der Waals surface area (Å²) >= 11 is 0. The topological polar surface area (TPSA) is 47.6 Å². The second-order valence-electron chi connectivity index (χ2n) is 4.44. The zero-order chi connectivity index (χ0) is 11.7. The smallest absolute Gasteiger partial charge is 0.320 e. The largest absolute Gasteiger partial charge is 0.462 e. The number of rotatable bonds is 7. The fraction of sp³-hybridized carbons (Fsp3) is 0.909. The van der Waals surface area contributed by atoms with E-state index in [-0.39, 0.29) is 18.1 Å². The molecule has 0 bridgehead atoms. The Morgan fingerprint density at radius 3 is 2.40 bits per heavy atom. The van der Waals surface area contributed by atoms with Crippen LogP contribution in [0.2, 0.25) is 0 Å². The van der Waals surface area contributed by atoms with Crippen molar-refractivity contribution < 1.29 is 14.3 Å². The lowest BCUT2D eigenvalue weighted by atomic mass is 10.1. The number of carbonyl (C=O) groups excluding carboxylic acids is 1. The average Bonchev–Trinajstić information content (AvgIpc) is 2.13. The average molecular weight is 217 g/mol. The minimum Gasteiger partial charge on any atom is -0.462 e. The van der Waals surface area contributed by atoms with Crippen LogP contribution < -0.4 is 5.32 Å².